The van der Waals surface area contributed by atoms with Crippen LogP contribution in [0, 0.1) is 5.82 Å². The van der Waals surface area contributed by atoms with Gasteiger partial charge in [-0.25, -0.2) is 19.0 Å². The maximum Gasteiger partial charge on any atom is 0.267 e. The molecule has 0 saturated heterocycles. The highest BCUT2D eigenvalue weighted by Gasteiger charge is 2.25. The number of benzene rings is 1. The molecule has 7 nitrogen and oxygen atoms in total. The predicted octanol–water partition coefficient (Wildman–Crippen LogP) is 2.99. The van der Waals surface area contributed by atoms with E-state index in [1.165, 1.54) is 18.5 Å². The average molecular weight is 395 g/mol. The lowest BCUT2D eigenvalue weighted by Crippen LogP contribution is -2.35. The van der Waals surface area contributed by atoms with Gasteiger partial charge < -0.3 is 10.1 Å². The van der Waals surface area contributed by atoms with Gasteiger partial charge in [0.2, 0.25) is 0 Å². The molecule has 2 aromatic heterocycles. The molecule has 8 heteroatoms. The number of rotatable bonds is 3. The minimum atomic E-state index is -0.303. The van der Waals surface area contributed by atoms with Crippen molar-refractivity contribution in [2.45, 2.75) is 50.8 Å². The van der Waals surface area contributed by atoms with Gasteiger partial charge >= 0.3 is 0 Å². The van der Waals surface area contributed by atoms with Gasteiger partial charge in [-0.05, 0) is 43.9 Å². The van der Waals surface area contributed by atoms with E-state index < -0.39 is 0 Å². The highest BCUT2D eigenvalue weighted by atomic mass is 19.1. The highest BCUT2D eigenvalue weighted by Crippen LogP contribution is 2.30. The molecule has 0 bridgehead atoms. The fourth-order valence-electron chi connectivity index (χ4n) is 4.29. The number of ether oxygens (including phenoxy) is 1. The number of halogens is 1. The summed E-state index contributed by atoms with van der Waals surface area (Å²) in [5.41, 5.74) is 2.55. The minimum absolute atomic E-state index is 0.0528. The van der Waals surface area contributed by atoms with Gasteiger partial charge in [-0.2, -0.15) is 5.10 Å². The van der Waals surface area contributed by atoms with Crippen LogP contribution >= 0.6 is 0 Å². The molecule has 0 atom stereocenters. The fraction of sp³-hybridized carbons (Fsp3) is 0.429. The first kappa shape index (κ1) is 18.2. The second kappa shape index (κ2) is 7.51. The van der Waals surface area contributed by atoms with Crippen LogP contribution in [0.3, 0.4) is 0 Å². The Hall–Kier alpha value is -2.87. The molecule has 3 aromatic rings. The molecule has 1 aliphatic carbocycles. The average Bonchev–Trinajstić information content (AvgIpc) is 2.74. The van der Waals surface area contributed by atoms with Gasteiger partial charge in [0, 0.05) is 29.5 Å². The molecule has 150 valence electrons. The fourth-order valence-corrected chi connectivity index (χ4v) is 4.29. The summed E-state index contributed by atoms with van der Waals surface area (Å²) in [6.45, 7) is 1.13. The second-order valence-corrected chi connectivity index (χ2v) is 7.74. The molecule has 1 aliphatic heterocycles. The molecule has 0 unspecified atom stereocenters. The van der Waals surface area contributed by atoms with E-state index in [0.717, 1.165) is 43.4 Å². The Morgan fingerprint density at radius 2 is 2.00 bits per heavy atom. The first-order chi connectivity index (χ1) is 14.2. The van der Waals surface area contributed by atoms with Crippen molar-refractivity contribution < 1.29 is 9.13 Å². The molecule has 0 radical (unpaired) electrons. The van der Waals surface area contributed by atoms with Crippen molar-refractivity contribution in [1.29, 1.82) is 0 Å². The normalized spacial score (nSPS) is 21.7. The van der Waals surface area contributed by atoms with Gasteiger partial charge in [-0.3, -0.25) is 4.79 Å². The van der Waals surface area contributed by atoms with Gasteiger partial charge in [-0.1, -0.05) is 0 Å². The first-order valence-corrected chi connectivity index (χ1v) is 10.0. The molecule has 5 rings (SSSR count). The standard InChI is InChI=1S/C21H22FN5O2/c22-14-1-6-19-17(10-14)21(24-12-23-19)25-15-2-4-16(5-3-15)27-20(28)9-13-11-29-8-7-18(13)26-27/h1,6,9-10,12,15-16H,2-5,7-8,11H2,(H,23,24,25). The zero-order valence-electron chi connectivity index (χ0n) is 16.0. The summed E-state index contributed by atoms with van der Waals surface area (Å²) in [4.78, 5) is 21.0. The van der Waals surface area contributed by atoms with Crippen LogP contribution in [0.5, 0.6) is 0 Å². The van der Waals surface area contributed by atoms with E-state index in [4.69, 9.17) is 4.74 Å². The third-order valence-corrected chi connectivity index (χ3v) is 5.84. The number of nitrogens with zero attached hydrogens (tertiary/aromatic N) is 4. The van der Waals surface area contributed by atoms with Crippen LogP contribution in [0.15, 0.2) is 35.4 Å². The van der Waals surface area contributed by atoms with E-state index in [1.807, 2.05) is 0 Å². The highest BCUT2D eigenvalue weighted by molar-refractivity contribution is 5.88. The number of hydrogen-bond donors (Lipinski definition) is 1. The number of nitrogens with one attached hydrogen (secondary N) is 1. The van der Waals surface area contributed by atoms with Crippen LogP contribution in [0.1, 0.15) is 43.0 Å². The topological polar surface area (TPSA) is 81.9 Å². The monoisotopic (exact) mass is 395 g/mol. The Morgan fingerprint density at radius 1 is 1.14 bits per heavy atom. The van der Waals surface area contributed by atoms with E-state index >= 15 is 0 Å². The van der Waals surface area contributed by atoms with E-state index in [0.29, 0.717) is 29.9 Å². The number of fused-ring (bicyclic) bond motifs is 2. The lowest BCUT2D eigenvalue weighted by molar-refractivity contribution is 0.107. The molecule has 1 N–H and O–H groups in total. The summed E-state index contributed by atoms with van der Waals surface area (Å²) in [6, 6.07) is 6.52. The summed E-state index contributed by atoms with van der Waals surface area (Å²) in [5, 5.41) is 8.77. The molecule has 2 aliphatic rings. The van der Waals surface area contributed by atoms with Crippen LogP contribution in [0.2, 0.25) is 0 Å². The van der Waals surface area contributed by atoms with Gasteiger partial charge in [0.25, 0.3) is 5.56 Å². The molecule has 0 amide bonds. The van der Waals surface area contributed by atoms with Gasteiger partial charge in [0.15, 0.2) is 0 Å². The SMILES string of the molecule is O=c1cc2c(nn1C1CCC(Nc3ncnc4ccc(F)cc34)CC1)CCOC2. The molecule has 1 aromatic carbocycles. The van der Waals surface area contributed by atoms with Crippen molar-refractivity contribution in [3.05, 3.63) is 58.0 Å². The number of anilines is 1. The third kappa shape index (κ3) is 3.60. The Kier molecular flexibility index (Phi) is 4.71. The van der Waals surface area contributed by atoms with Gasteiger partial charge in [0.1, 0.15) is 18.0 Å². The van der Waals surface area contributed by atoms with E-state index in [-0.39, 0.29) is 23.5 Å². The zero-order valence-corrected chi connectivity index (χ0v) is 16.0. The van der Waals surface area contributed by atoms with Crippen LogP contribution in [-0.4, -0.2) is 32.4 Å². The molecular formula is C21H22FN5O2. The Labute approximate surface area is 166 Å². The zero-order chi connectivity index (χ0) is 19.8. The number of hydrogen-bond acceptors (Lipinski definition) is 6. The summed E-state index contributed by atoms with van der Waals surface area (Å²) in [6.07, 6.45) is 5.74. The van der Waals surface area contributed by atoms with Crippen molar-refractivity contribution >= 4 is 16.7 Å². The van der Waals surface area contributed by atoms with Crippen molar-refractivity contribution in [2.75, 3.05) is 11.9 Å². The molecule has 29 heavy (non-hydrogen) atoms. The lowest BCUT2D eigenvalue weighted by atomic mass is 9.91. The lowest BCUT2D eigenvalue weighted by Gasteiger charge is -2.30. The van der Waals surface area contributed by atoms with E-state index in [1.54, 1.807) is 16.8 Å². The smallest absolute Gasteiger partial charge is 0.267 e. The van der Waals surface area contributed by atoms with Gasteiger partial charge in [-0.15, -0.1) is 0 Å². The van der Waals surface area contributed by atoms with Crippen molar-refractivity contribution in [2.24, 2.45) is 0 Å². The summed E-state index contributed by atoms with van der Waals surface area (Å²) < 4.78 is 20.7. The van der Waals surface area contributed by atoms with Crippen molar-refractivity contribution in [1.82, 2.24) is 19.7 Å². The summed E-state index contributed by atoms with van der Waals surface area (Å²) in [7, 11) is 0. The van der Waals surface area contributed by atoms with E-state index in [2.05, 4.69) is 20.4 Å². The molecule has 1 saturated carbocycles. The maximum absolute atomic E-state index is 13.7. The third-order valence-electron chi connectivity index (χ3n) is 5.84. The summed E-state index contributed by atoms with van der Waals surface area (Å²) in [5.74, 6) is 0.351. The number of aromatic nitrogens is 4. The van der Waals surface area contributed by atoms with Crippen LogP contribution in [0.25, 0.3) is 10.9 Å². The van der Waals surface area contributed by atoms with Crippen molar-refractivity contribution in [3.63, 3.8) is 0 Å². The molecule has 1 fully saturated rings. The Bertz CT molecular complexity index is 1110. The quantitative estimate of drug-likeness (QED) is 0.734. The molecule has 3 heterocycles. The summed E-state index contributed by atoms with van der Waals surface area (Å²) >= 11 is 0. The minimum Gasteiger partial charge on any atom is -0.376 e. The first-order valence-electron chi connectivity index (χ1n) is 10.0. The Morgan fingerprint density at radius 3 is 2.86 bits per heavy atom. The van der Waals surface area contributed by atoms with Crippen LogP contribution < -0.4 is 10.9 Å². The predicted molar refractivity (Wildman–Crippen MR) is 106 cm³/mol. The maximum atomic E-state index is 13.7. The van der Waals surface area contributed by atoms with Gasteiger partial charge in [0.05, 0.1) is 30.5 Å². The van der Waals surface area contributed by atoms with E-state index in [9.17, 15) is 9.18 Å². The second-order valence-electron chi connectivity index (χ2n) is 7.74. The molecular weight excluding hydrogens is 373 g/mol. The molecule has 0 spiro atoms. The Balaban J connectivity index is 1.30. The largest absolute Gasteiger partial charge is 0.376 e. The van der Waals surface area contributed by atoms with Crippen LogP contribution in [-0.2, 0) is 17.8 Å². The van der Waals surface area contributed by atoms with Crippen LogP contribution in [0.4, 0.5) is 10.2 Å². The van der Waals surface area contributed by atoms with Crippen molar-refractivity contribution in [3.8, 4) is 0 Å².